The van der Waals surface area contributed by atoms with E-state index in [9.17, 15) is 4.79 Å². The SMILES string of the molecule is O=C(CCN1CCCCCCC1)Nc1ccc2c(c1)OCCO2. The predicted octanol–water partition coefficient (Wildman–Crippen LogP) is 3.05. The number of carbonyl (C=O) groups excluding carboxylic acids is 1. The van der Waals surface area contributed by atoms with E-state index in [1.807, 2.05) is 18.2 Å². The lowest BCUT2D eigenvalue weighted by Crippen LogP contribution is -2.30. The lowest BCUT2D eigenvalue weighted by Gasteiger charge is -2.24. The van der Waals surface area contributed by atoms with E-state index in [4.69, 9.17) is 9.47 Å². The second kappa shape index (κ2) is 8.20. The minimum absolute atomic E-state index is 0.0590. The van der Waals surface area contributed by atoms with Gasteiger partial charge < -0.3 is 19.7 Å². The van der Waals surface area contributed by atoms with Crippen molar-refractivity contribution in [3.8, 4) is 11.5 Å². The van der Waals surface area contributed by atoms with Gasteiger partial charge in [0.05, 0.1) is 0 Å². The highest BCUT2D eigenvalue weighted by Gasteiger charge is 2.14. The van der Waals surface area contributed by atoms with Gasteiger partial charge in [0, 0.05) is 24.7 Å². The standard InChI is InChI=1S/C18H26N2O3/c21-18(8-11-20-9-4-2-1-3-5-10-20)19-15-6-7-16-17(14-15)23-13-12-22-16/h6-7,14H,1-5,8-13H2,(H,19,21). The highest BCUT2D eigenvalue weighted by atomic mass is 16.6. The quantitative estimate of drug-likeness (QED) is 0.927. The molecule has 1 aromatic rings. The van der Waals surface area contributed by atoms with Crippen molar-refractivity contribution < 1.29 is 14.3 Å². The van der Waals surface area contributed by atoms with Crippen LogP contribution in [0.25, 0.3) is 0 Å². The number of ether oxygens (including phenoxy) is 2. The van der Waals surface area contributed by atoms with E-state index in [1.54, 1.807) is 0 Å². The minimum Gasteiger partial charge on any atom is -0.486 e. The van der Waals surface area contributed by atoms with Gasteiger partial charge in [-0.15, -0.1) is 0 Å². The highest BCUT2D eigenvalue weighted by Crippen LogP contribution is 2.32. The molecule has 0 aromatic heterocycles. The number of hydrogen-bond acceptors (Lipinski definition) is 4. The molecule has 0 unspecified atom stereocenters. The average Bonchev–Trinajstić information content (AvgIpc) is 2.54. The maximum absolute atomic E-state index is 12.2. The first-order valence-electron chi connectivity index (χ1n) is 8.73. The summed E-state index contributed by atoms with van der Waals surface area (Å²) in [5, 5.41) is 2.96. The van der Waals surface area contributed by atoms with Crippen LogP contribution in [0.3, 0.4) is 0 Å². The average molecular weight is 318 g/mol. The normalized spacial score (nSPS) is 18.8. The lowest BCUT2D eigenvalue weighted by atomic mass is 10.1. The van der Waals surface area contributed by atoms with Crippen LogP contribution in [0, 0.1) is 0 Å². The first-order valence-corrected chi connectivity index (χ1v) is 8.73. The van der Waals surface area contributed by atoms with Gasteiger partial charge in [-0.2, -0.15) is 0 Å². The lowest BCUT2D eigenvalue weighted by molar-refractivity contribution is -0.116. The molecule has 1 amide bonds. The van der Waals surface area contributed by atoms with Crippen LogP contribution in [-0.2, 0) is 4.79 Å². The molecule has 5 nitrogen and oxygen atoms in total. The first kappa shape index (κ1) is 16.1. The van der Waals surface area contributed by atoms with Gasteiger partial charge in [-0.25, -0.2) is 0 Å². The number of likely N-dealkylation sites (tertiary alicyclic amines) is 1. The summed E-state index contributed by atoms with van der Waals surface area (Å²) in [6.07, 6.45) is 7.04. The van der Waals surface area contributed by atoms with Crippen molar-refractivity contribution in [3.05, 3.63) is 18.2 Å². The van der Waals surface area contributed by atoms with E-state index in [0.717, 1.165) is 31.1 Å². The first-order chi connectivity index (χ1) is 11.3. The zero-order valence-electron chi connectivity index (χ0n) is 13.7. The molecule has 1 fully saturated rings. The van der Waals surface area contributed by atoms with Crippen molar-refractivity contribution in [2.45, 2.75) is 38.5 Å². The van der Waals surface area contributed by atoms with E-state index in [2.05, 4.69) is 10.2 Å². The number of amides is 1. The van der Waals surface area contributed by atoms with E-state index >= 15 is 0 Å². The summed E-state index contributed by atoms with van der Waals surface area (Å²) >= 11 is 0. The third kappa shape index (κ3) is 4.86. The number of anilines is 1. The van der Waals surface area contributed by atoms with Gasteiger partial charge in [0.15, 0.2) is 11.5 Å². The number of carbonyl (C=O) groups is 1. The molecule has 3 rings (SSSR count). The van der Waals surface area contributed by atoms with Crippen LogP contribution in [0.1, 0.15) is 38.5 Å². The Morgan fingerprint density at radius 2 is 1.70 bits per heavy atom. The predicted molar refractivity (Wildman–Crippen MR) is 90.2 cm³/mol. The maximum Gasteiger partial charge on any atom is 0.225 e. The monoisotopic (exact) mass is 318 g/mol. The molecule has 5 heteroatoms. The number of hydrogen-bond donors (Lipinski definition) is 1. The molecule has 0 saturated carbocycles. The van der Waals surface area contributed by atoms with Gasteiger partial charge in [-0.1, -0.05) is 19.3 Å². The Hall–Kier alpha value is -1.75. The molecule has 0 aliphatic carbocycles. The van der Waals surface area contributed by atoms with Gasteiger partial charge in [0.1, 0.15) is 13.2 Å². The summed E-state index contributed by atoms with van der Waals surface area (Å²) in [5.41, 5.74) is 0.770. The van der Waals surface area contributed by atoms with E-state index in [0.29, 0.717) is 25.4 Å². The van der Waals surface area contributed by atoms with Crippen LogP contribution < -0.4 is 14.8 Å². The van der Waals surface area contributed by atoms with Crippen LogP contribution in [0.15, 0.2) is 18.2 Å². The molecule has 0 atom stereocenters. The van der Waals surface area contributed by atoms with Crippen molar-refractivity contribution in [3.63, 3.8) is 0 Å². The van der Waals surface area contributed by atoms with Crippen LogP contribution in [-0.4, -0.2) is 43.7 Å². The van der Waals surface area contributed by atoms with Crippen molar-refractivity contribution in [1.29, 1.82) is 0 Å². The Morgan fingerprint density at radius 3 is 2.48 bits per heavy atom. The van der Waals surface area contributed by atoms with Gasteiger partial charge in [0.2, 0.25) is 5.91 Å². The Balaban J connectivity index is 1.47. The number of nitrogens with one attached hydrogen (secondary N) is 1. The van der Waals surface area contributed by atoms with Gasteiger partial charge in [-0.3, -0.25) is 4.79 Å². The van der Waals surface area contributed by atoms with Crippen molar-refractivity contribution in [2.75, 3.05) is 38.2 Å². The molecule has 0 bridgehead atoms. The largest absolute Gasteiger partial charge is 0.486 e. The Labute approximate surface area is 137 Å². The maximum atomic E-state index is 12.2. The van der Waals surface area contributed by atoms with E-state index in [1.165, 1.54) is 32.1 Å². The summed E-state index contributed by atoms with van der Waals surface area (Å²) in [5.74, 6) is 1.51. The number of fused-ring (bicyclic) bond motifs is 1. The number of nitrogens with zero attached hydrogens (tertiary/aromatic N) is 1. The molecule has 1 saturated heterocycles. The second-order valence-corrected chi connectivity index (χ2v) is 6.27. The zero-order chi connectivity index (χ0) is 15.9. The summed E-state index contributed by atoms with van der Waals surface area (Å²) in [7, 11) is 0. The molecule has 23 heavy (non-hydrogen) atoms. The summed E-state index contributed by atoms with van der Waals surface area (Å²) in [6, 6.07) is 5.55. The van der Waals surface area contributed by atoms with E-state index in [-0.39, 0.29) is 5.91 Å². The Morgan fingerprint density at radius 1 is 1.00 bits per heavy atom. The molecule has 0 radical (unpaired) electrons. The molecule has 2 aliphatic heterocycles. The number of rotatable bonds is 4. The topological polar surface area (TPSA) is 50.8 Å². The molecular weight excluding hydrogens is 292 g/mol. The molecule has 1 aromatic carbocycles. The fourth-order valence-corrected chi connectivity index (χ4v) is 3.14. The summed E-state index contributed by atoms with van der Waals surface area (Å²) < 4.78 is 11.0. The molecule has 2 heterocycles. The molecule has 126 valence electrons. The smallest absolute Gasteiger partial charge is 0.225 e. The minimum atomic E-state index is 0.0590. The third-order valence-electron chi connectivity index (χ3n) is 4.43. The molecule has 2 aliphatic rings. The van der Waals surface area contributed by atoms with Crippen LogP contribution in [0.4, 0.5) is 5.69 Å². The van der Waals surface area contributed by atoms with Crippen LogP contribution in [0.5, 0.6) is 11.5 Å². The molecular formula is C18H26N2O3. The Kier molecular flexibility index (Phi) is 5.75. The van der Waals surface area contributed by atoms with Crippen molar-refractivity contribution >= 4 is 11.6 Å². The van der Waals surface area contributed by atoms with Crippen molar-refractivity contribution in [1.82, 2.24) is 4.90 Å². The Bertz CT molecular complexity index is 525. The van der Waals surface area contributed by atoms with Gasteiger partial charge in [-0.05, 0) is 38.1 Å². The third-order valence-corrected chi connectivity index (χ3v) is 4.43. The van der Waals surface area contributed by atoms with Gasteiger partial charge >= 0.3 is 0 Å². The highest BCUT2D eigenvalue weighted by molar-refractivity contribution is 5.91. The summed E-state index contributed by atoms with van der Waals surface area (Å²) in [6.45, 7) is 4.22. The second-order valence-electron chi connectivity index (χ2n) is 6.27. The fourth-order valence-electron chi connectivity index (χ4n) is 3.14. The summed E-state index contributed by atoms with van der Waals surface area (Å²) in [4.78, 5) is 14.6. The van der Waals surface area contributed by atoms with Gasteiger partial charge in [0.25, 0.3) is 0 Å². The van der Waals surface area contributed by atoms with Crippen LogP contribution >= 0.6 is 0 Å². The molecule has 1 N–H and O–H groups in total. The van der Waals surface area contributed by atoms with E-state index < -0.39 is 0 Å². The number of benzene rings is 1. The zero-order valence-corrected chi connectivity index (χ0v) is 13.7. The fraction of sp³-hybridized carbons (Fsp3) is 0.611. The van der Waals surface area contributed by atoms with Crippen molar-refractivity contribution in [2.24, 2.45) is 0 Å². The van der Waals surface area contributed by atoms with Crippen LogP contribution in [0.2, 0.25) is 0 Å². The molecule has 0 spiro atoms.